The molecular weight excluding hydrogens is 250 g/mol. The Morgan fingerprint density at radius 1 is 1.37 bits per heavy atom. The molecule has 0 bridgehead atoms. The second kappa shape index (κ2) is 6.28. The number of nitrogens with one attached hydrogen (secondary N) is 1. The van der Waals surface area contributed by atoms with E-state index in [1.165, 1.54) is 19.0 Å². The number of carbonyl (C=O) groups is 2. The van der Waals surface area contributed by atoms with E-state index < -0.39 is 5.97 Å². The molecule has 1 aromatic heterocycles. The minimum atomic E-state index is -1.02. The summed E-state index contributed by atoms with van der Waals surface area (Å²) in [6, 6.07) is 0. The normalized spacial score (nSPS) is 15.6. The van der Waals surface area contributed by atoms with Gasteiger partial charge in [0.1, 0.15) is 6.54 Å². The van der Waals surface area contributed by atoms with Crippen LogP contribution in [-0.2, 0) is 11.3 Å². The van der Waals surface area contributed by atoms with Crippen LogP contribution in [0.1, 0.15) is 23.3 Å². The molecule has 0 atom stereocenters. The molecule has 0 saturated carbocycles. The molecule has 8 nitrogen and oxygen atoms in total. The Morgan fingerprint density at radius 2 is 2.11 bits per heavy atom. The second-order valence-corrected chi connectivity index (χ2v) is 4.50. The summed E-state index contributed by atoms with van der Waals surface area (Å²) in [5, 5.41) is 18.6. The average Bonchev–Trinajstić information content (AvgIpc) is 2.99. The molecule has 0 aliphatic carbocycles. The van der Waals surface area contributed by atoms with Crippen molar-refractivity contribution in [3.8, 4) is 0 Å². The molecule has 1 aromatic rings. The number of hydrogen-bond donors (Lipinski definition) is 2. The van der Waals surface area contributed by atoms with Gasteiger partial charge < -0.3 is 15.3 Å². The van der Waals surface area contributed by atoms with Crippen LogP contribution in [0, 0.1) is 0 Å². The smallest absolute Gasteiger partial charge is 0.325 e. The summed E-state index contributed by atoms with van der Waals surface area (Å²) in [5.74, 6) is -1.35. The molecular formula is C11H17N5O3. The van der Waals surface area contributed by atoms with E-state index >= 15 is 0 Å². The SMILES string of the molecule is O=C(O)Cn1cc(C(=O)NCCN2CCCC2)nn1. The fourth-order valence-electron chi connectivity index (χ4n) is 2.04. The van der Waals surface area contributed by atoms with Gasteiger partial charge in [0.05, 0.1) is 6.20 Å². The van der Waals surface area contributed by atoms with E-state index in [2.05, 4.69) is 20.5 Å². The van der Waals surface area contributed by atoms with Crippen LogP contribution in [0.4, 0.5) is 0 Å². The van der Waals surface area contributed by atoms with Gasteiger partial charge in [-0.1, -0.05) is 5.21 Å². The average molecular weight is 267 g/mol. The van der Waals surface area contributed by atoms with Gasteiger partial charge in [-0.2, -0.15) is 0 Å². The zero-order valence-electron chi connectivity index (χ0n) is 10.6. The lowest BCUT2D eigenvalue weighted by molar-refractivity contribution is -0.137. The predicted octanol–water partition coefficient (Wildman–Crippen LogP) is -0.812. The number of aliphatic carboxylic acids is 1. The first-order chi connectivity index (χ1) is 9.15. The van der Waals surface area contributed by atoms with Gasteiger partial charge in [0.25, 0.3) is 5.91 Å². The van der Waals surface area contributed by atoms with Crippen LogP contribution < -0.4 is 5.32 Å². The molecule has 0 spiro atoms. The topological polar surface area (TPSA) is 100 Å². The van der Waals surface area contributed by atoms with E-state index in [1.807, 2.05) is 0 Å². The Bertz CT molecular complexity index is 453. The molecule has 1 saturated heterocycles. The van der Waals surface area contributed by atoms with E-state index in [-0.39, 0.29) is 18.1 Å². The van der Waals surface area contributed by atoms with E-state index in [9.17, 15) is 9.59 Å². The van der Waals surface area contributed by atoms with E-state index in [1.54, 1.807) is 0 Å². The third kappa shape index (κ3) is 4.02. The van der Waals surface area contributed by atoms with Gasteiger partial charge in [0, 0.05) is 13.1 Å². The van der Waals surface area contributed by atoms with Crippen molar-refractivity contribution in [2.45, 2.75) is 19.4 Å². The highest BCUT2D eigenvalue weighted by molar-refractivity contribution is 5.91. The molecule has 0 unspecified atom stereocenters. The number of carbonyl (C=O) groups excluding carboxylic acids is 1. The lowest BCUT2D eigenvalue weighted by atomic mass is 10.4. The Kier molecular flexibility index (Phi) is 4.45. The third-order valence-corrected chi connectivity index (χ3v) is 2.98. The zero-order chi connectivity index (χ0) is 13.7. The molecule has 0 aromatic carbocycles. The van der Waals surface area contributed by atoms with Crippen molar-refractivity contribution in [3.05, 3.63) is 11.9 Å². The Balaban J connectivity index is 1.75. The highest BCUT2D eigenvalue weighted by atomic mass is 16.4. The summed E-state index contributed by atoms with van der Waals surface area (Å²) in [5.41, 5.74) is 0.141. The number of nitrogens with zero attached hydrogens (tertiary/aromatic N) is 4. The van der Waals surface area contributed by atoms with Gasteiger partial charge in [-0.25, -0.2) is 4.68 Å². The van der Waals surface area contributed by atoms with Crippen molar-refractivity contribution in [1.29, 1.82) is 0 Å². The number of carboxylic acids is 1. The molecule has 0 radical (unpaired) electrons. The summed E-state index contributed by atoms with van der Waals surface area (Å²) >= 11 is 0. The maximum Gasteiger partial charge on any atom is 0.325 e. The molecule has 1 aliphatic heterocycles. The summed E-state index contributed by atoms with van der Waals surface area (Å²) in [6.07, 6.45) is 3.77. The number of carboxylic acid groups (broad SMARTS) is 1. The van der Waals surface area contributed by atoms with Gasteiger partial charge in [-0.15, -0.1) is 5.10 Å². The first-order valence-electron chi connectivity index (χ1n) is 6.27. The van der Waals surface area contributed by atoms with Crippen molar-refractivity contribution in [2.75, 3.05) is 26.2 Å². The Hall–Kier alpha value is -1.96. The standard InChI is InChI=1S/C11H17N5O3/c17-10(18)8-16-7-9(13-14-16)11(19)12-3-6-15-4-1-2-5-15/h7H,1-6,8H2,(H,12,19)(H,17,18). The van der Waals surface area contributed by atoms with E-state index in [4.69, 9.17) is 5.11 Å². The maximum absolute atomic E-state index is 11.7. The van der Waals surface area contributed by atoms with Crippen LogP contribution in [0.15, 0.2) is 6.20 Å². The van der Waals surface area contributed by atoms with E-state index in [0.29, 0.717) is 6.54 Å². The van der Waals surface area contributed by atoms with E-state index in [0.717, 1.165) is 24.3 Å². The summed E-state index contributed by atoms with van der Waals surface area (Å²) in [7, 11) is 0. The van der Waals surface area contributed by atoms with Crippen molar-refractivity contribution < 1.29 is 14.7 Å². The largest absolute Gasteiger partial charge is 0.480 e. The Morgan fingerprint density at radius 3 is 2.79 bits per heavy atom. The number of amides is 1. The second-order valence-electron chi connectivity index (χ2n) is 4.50. The monoisotopic (exact) mass is 267 g/mol. The zero-order valence-corrected chi connectivity index (χ0v) is 10.6. The highest BCUT2D eigenvalue weighted by Gasteiger charge is 2.14. The van der Waals surface area contributed by atoms with Crippen molar-refractivity contribution in [2.24, 2.45) is 0 Å². The molecule has 1 fully saturated rings. The maximum atomic E-state index is 11.7. The van der Waals surface area contributed by atoms with Gasteiger partial charge in [0.2, 0.25) is 0 Å². The lowest BCUT2D eigenvalue weighted by Crippen LogP contribution is -2.33. The molecule has 104 valence electrons. The van der Waals surface area contributed by atoms with Crippen LogP contribution in [0.25, 0.3) is 0 Å². The van der Waals surface area contributed by atoms with Crippen LogP contribution >= 0.6 is 0 Å². The quantitative estimate of drug-likeness (QED) is 0.699. The number of likely N-dealkylation sites (tertiary alicyclic amines) is 1. The molecule has 1 aliphatic rings. The summed E-state index contributed by atoms with van der Waals surface area (Å²) < 4.78 is 1.12. The number of rotatable bonds is 6. The van der Waals surface area contributed by atoms with Crippen molar-refractivity contribution in [1.82, 2.24) is 25.2 Å². The van der Waals surface area contributed by atoms with Crippen molar-refractivity contribution >= 4 is 11.9 Å². The van der Waals surface area contributed by atoms with Gasteiger partial charge in [-0.05, 0) is 25.9 Å². The lowest BCUT2D eigenvalue weighted by Gasteiger charge is -2.14. The minimum absolute atomic E-state index is 0.141. The van der Waals surface area contributed by atoms with Gasteiger partial charge in [-0.3, -0.25) is 9.59 Å². The fourth-order valence-corrected chi connectivity index (χ4v) is 2.04. The first kappa shape index (κ1) is 13.5. The molecule has 2 rings (SSSR count). The molecule has 19 heavy (non-hydrogen) atoms. The summed E-state index contributed by atoms with van der Waals surface area (Å²) in [4.78, 5) is 24.5. The third-order valence-electron chi connectivity index (χ3n) is 2.98. The molecule has 2 N–H and O–H groups in total. The minimum Gasteiger partial charge on any atom is -0.480 e. The highest BCUT2D eigenvalue weighted by Crippen LogP contribution is 2.05. The van der Waals surface area contributed by atoms with Crippen molar-refractivity contribution in [3.63, 3.8) is 0 Å². The van der Waals surface area contributed by atoms with Crippen LogP contribution in [0.3, 0.4) is 0 Å². The number of aromatic nitrogens is 3. The van der Waals surface area contributed by atoms with Crippen LogP contribution in [-0.4, -0.2) is 63.1 Å². The predicted molar refractivity (Wildman–Crippen MR) is 65.7 cm³/mol. The number of hydrogen-bond acceptors (Lipinski definition) is 5. The fraction of sp³-hybridized carbons (Fsp3) is 0.636. The molecule has 1 amide bonds. The van der Waals surface area contributed by atoms with Crippen LogP contribution in [0.2, 0.25) is 0 Å². The summed E-state index contributed by atoms with van der Waals surface area (Å²) in [6.45, 7) is 3.27. The Labute approximate surface area is 110 Å². The van der Waals surface area contributed by atoms with Crippen LogP contribution in [0.5, 0.6) is 0 Å². The first-order valence-corrected chi connectivity index (χ1v) is 6.27. The van der Waals surface area contributed by atoms with Gasteiger partial charge in [0.15, 0.2) is 5.69 Å². The van der Waals surface area contributed by atoms with Gasteiger partial charge >= 0.3 is 5.97 Å². The molecule has 8 heteroatoms. The molecule has 2 heterocycles.